The fraction of sp³-hybridized carbons (Fsp3) is 0.500. The first-order valence-corrected chi connectivity index (χ1v) is 6.09. The SMILES string of the molecule is CN(C)CCN(C)Cc1cc(O)ccc1Br. The lowest BCUT2D eigenvalue weighted by Crippen LogP contribution is -2.28. The van der Waals surface area contributed by atoms with Crippen LogP contribution in [-0.4, -0.2) is 49.1 Å². The Morgan fingerprint density at radius 3 is 2.50 bits per heavy atom. The van der Waals surface area contributed by atoms with Crippen molar-refractivity contribution in [3.63, 3.8) is 0 Å². The summed E-state index contributed by atoms with van der Waals surface area (Å²) in [6.45, 7) is 2.88. The van der Waals surface area contributed by atoms with Crippen LogP contribution < -0.4 is 0 Å². The summed E-state index contributed by atoms with van der Waals surface area (Å²) in [7, 11) is 6.22. The molecule has 16 heavy (non-hydrogen) atoms. The lowest BCUT2D eigenvalue weighted by atomic mass is 10.2. The van der Waals surface area contributed by atoms with E-state index in [1.54, 1.807) is 12.1 Å². The number of nitrogens with zero attached hydrogens (tertiary/aromatic N) is 2. The van der Waals surface area contributed by atoms with Gasteiger partial charge in [0.15, 0.2) is 0 Å². The van der Waals surface area contributed by atoms with Gasteiger partial charge < -0.3 is 14.9 Å². The van der Waals surface area contributed by atoms with E-state index in [1.807, 2.05) is 6.07 Å². The summed E-state index contributed by atoms with van der Waals surface area (Å²) < 4.78 is 1.04. The predicted octanol–water partition coefficient (Wildman–Crippen LogP) is 2.15. The van der Waals surface area contributed by atoms with Crippen LogP contribution >= 0.6 is 15.9 Å². The molecule has 1 N–H and O–H groups in total. The van der Waals surface area contributed by atoms with Crippen molar-refractivity contribution in [2.24, 2.45) is 0 Å². The summed E-state index contributed by atoms with van der Waals surface area (Å²) in [6, 6.07) is 5.37. The fourth-order valence-corrected chi connectivity index (χ4v) is 1.79. The summed E-state index contributed by atoms with van der Waals surface area (Å²) in [4.78, 5) is 4.40. The van der Waals surface area contributed by atoms with Gasteiger partial charge >= 0.3 is 0 Å². The van der Waals surface area contributed by atoms with Gasteiger partial charge in [-0.05, 0) is 44.9 Å². The largest absolute Gasteiger partial charge is 0.508 e. The average molecular weight is 287 g/mol. The smallest absolute Gasteiger partial charge is 0.115 e. The molecule has 0 unspecified atom stereocenters. The Kier molecular flexibility index (Phi) is 5.25. The molecule has 0 aliphatic carbocycles. The van der Waals surface area contributed by atoms with Crippen molar-refractivity contribution >= 4 is 15.9 Å². The van der Waals surface area contributed by atoms with Gasteiger partial charge in [-0.25, -0.2) is 0 Å². The molecule has 90 valence electrons. The number of phenols is 1. The predicted molar refractivity (Wildman–Crippen MR) is 70.7 cm³/mol. The van der Waals surface area contributed by atoms with Crippen molar-refractivity contribution in [3.05, 3.63) is 28.2 Å². The van der Waals surface area contributed by atoms with E-state index in [1.165, 1.54) is 0 Å². The van der Waals surface area contributed by atoms with E-state index in [0.717, 1.165) is 29.7 Å². The standard InChI is InChI=1S/C12H19BrN2O/c1-14(2)6-7-15(3)9-10-8-11(16)4-5-12(10)13/h4-5,8,16H,6-7,9H2,1-3H3. The third-order valence-electron chi connectivity index (χ3n) is 2.40. The second-order valence-electron chi connectivity index (χ2n) is 4.32. The molecule has 0 saturated heterocycles. The average Bonchev–Trinajstić information content (AvgIpc) is 2.20. The van der Waals surface area contributed by atoms with Crippen LogP contribution in [0.2, 0.25) is 0 Å². The van der Waals surface area contributed by atoms with Gasteiger partial charge in [0, 0.05) is 24.1 Å². The van der Waals surface area contributed by atoms with Crippen LogP contribution in [0.1, 0.15) is 5.56 Å². The minimum absolute atomic E-state index is 0.319. The second-order valence-corrected chi connectivity index (χ2v) is 5.17. The lowest BCUT2D eigenvalue weighted by molar-refractivity contribution is 0.275. The number of hydrogen-bond acceptors (Lipinski definition) is 3. The van der Waals surface area contributed by atoms with E-state index >= 15 is 0 Å². The topological polar surface area (TPSA) is 26.7 Å². The highest BCUT2D eigenvalue weighted by molar-refractivity contribution is 9.10. The van der Waals surface area contributed by atoms with E-state index in [0.29, 0.717) is 5.75 Å². The third kappa shape index (κ3) is 4.51. The molecule has 0 radical (unpaired) electrons. The highest BCUT2D eigenvalue weighted by atomic mass is 79.9. The molecule has 0 spiro atoms. The Labute approximate surface area is 106 Å². The summed E-state index contributed by atoms with van der Waals surface area (Å²) in [5, 5.41) is 9.42. The van der Waals surface area contributed by atoms with E-state index in [2.05, 4.69) is 46.9 Å². The molecular formula is C12H19BrN2O. The third-order valence-corrected chi connectivity index (χ3v) is 3.17. The zero-order valence-electron chi connectivity index (χ0n) is 10.1. The van der Waals surface area contributed by atoms with Crippen LogP contribution in [0, 0.1) is 0 Å². The maximum atomic E-state index is 9.42. The normalized spacial score (nSPS) is 11.4. The van der Waals surface area contributed by atoms with Crippen LogP contribution in [0.5, 0.6) is 5.75 Å². The van der Waals surface area contributed by atoms with Gasteiger partial charge in [0.2, 0.25) is 0 Å². The maximum absolute atomic E-state index is 9.42. The maximum Gasteiger partial charge on any atom is 0.115 e. The first-order chi connectivity index (χ1) is 7.49. The van der Waals surface area contributed by atoms with Gasteiger partial charge in [-0.3, -0.25) is 0 Å². The molecule has 0 amide bonds. The number of benzene rings is 1. The molecule has 0 atom stereocenters. The number of phenolic OH excluding ortho intramolecular Hbond substituents is 1. The van der Waals surface area contributed by atoms with Crippen molar-refractivity contribution in [2.45, 2.75) is 6.54 Å². The molecule has 0 aliphatic rings. The van der Waals surface area contributed by atoms with Crippen LogP contribution in [0.3, 0.4) is 0 Å². The molecule has 0 bridgehead atoms. The Balaban J connectivity index is 2.55. The number of likely N-dealkylation sites (N-methyl/N-ethyl adjacent to an activating group) is 2. The van der Waals surface area contributed by atoms with Crippen LogP contribution in [0.4, 0.5) is 0 Å². The summed E-state index contributed by atoms with van der Waals surface area (Å²) in [5.41, 5.74) is 1.11. The van der Waals surface area contributed by atoms with E-state index in [9.17, 15) is 5.11 Å². The van der Waals surface area contributed by atoms with E-state index in [4.69, 9.17) is 0 Å². The molecule has 0 fully saturated rings. The molecule has 1 rings (SSSR count). The molecule has 1 aromatic carbocycles. The van der Waals surface area contributed by atoms with Crippen LogP contribution in [-0.2, 0) is 6.54 Å². The number of aromatic hydroxyl groups is 1. The number of halogens is 1. The Morgan fingerprint density at radius 2 is 1.88 bits per heavy atom. The van der Waals surface area contributed by atoms with Gasteiger partial charge in [-0.15, -0.1) is 0 Å². The molecule has 1 aromatic rings. The van der Waals surface area contributed by atoms with Crippen molar-refractivity contribution in [1.82, 2.24) is 9.80 Å². The van der Waals surface area contributed by atoms with E-state index < -0.39 is 0 Å². The summed E-state index contributed by atoms with van der Waals surface area (Å²) in [5.74, 6) is 0.319. The fourth-order valence-electron chi connectivity index (χ4n) is 1.42. The quantitative estimate of drug-likeness (QED) is 0.899. The first-order valence-electron chi connectivity index (χ1n) is 5.29. The van der Waals surface area contributed by atoms with Gasteiger partial charge in [-0.1, -0.05) is 15.9 Å². The zero-order chi connectivity index (χ0) is 12.1. The summed E-state index contributed by atoms with van der Waals surface area (Å²) >= 11 is 3.49. The van der Waals surface area contributed by atoms with E-state index in [-0.39, 0.29) is 0 Å². The van der Waals surface area contributed by atoms with Crippen LogP contribution in [0.25, 0.3) is 0 Å². The highest BCUT2D eigenvalue weighted by Crippen LogP contribution is 2.22. The Hall–Kier alpha value is -0.580. The van der Waals surface area contributed by atoms with Gasteiger partial charge in [0.1, 0.15) is 5.75 Å². The molecule has 0 aromatic heterocycles. The number of rotatable bonds is 5. The lowest BCUT2D eigenvalue weighted by Gasteiger charge is -2.20. The minimum Gasteiger partial charge on any atom is -0.508 e. The molecular weight excluding hydrogens is 268 g/mol. The van der Waals surface area contributed by atoms with Gasteiger partial charge in [0.05, 0.1) is 0 Å². The van der Waals surface area contributed by atoms with Gasteiger partial charge in [0.25, 0.3) is 0 Å². The van der Waals surface area contributed by atoms with Crippen molar-refractivity contribution in [3.8, 4) is 5.75 Å². The van der Waals surface area contributed by atoms with Crippen molar-refractivity contribution in [2.75, 3.05) is 34.2 Å². The molecule has 0 saturated carbocycles. The first kappa shape index (κ1) is 13.5. The number of hydrogen-bond donors (Lipinski definition) is 1. The minimum atomic E-state index is 0.319. The molecule has 4 heteroatoms. The van der Waals surface area contributed by atoms with Crippen molar-refractivity contribution in [1.29, 1.82) is 0 Å². The molecule has 0 aliphatic heterocycles. The molecule has 3 nitrogen and oxygen atoms in total. The second kappa shape index (κ2) is 6.23. The Bertz CT molecular complexity index is 342. The summed E-state index contributed by atoms with van der Waals surface area (Å²) in [6.07, 6.45) is 0. The van der Waals surface area contributed by atoms with Crippen molar-refractivity contribution < 1.29 is 5.11 Å². The Morgan fingerprint density at radius 1 is 1.19 bits per heavy atom. The zero-order valence-corrected chi connectivity index (χ0v) is 11.7. The molecule has 0 heterocycles. The van der Waals surface area contributed by atoms with Crippen LogP contribution in [0.15, 0.2) is 22.7 Å². The van der Waals surface area contributed by atoms with Gasteiger partial charge in [-0.2, -0.15) is 0 Å². The monoisotopic (exact) mass is 286 g/mol. The highest BCUT2D eigenvalue weighted by Gasteiger charge is 2.05.